The molecule has 1 rings (SSSR count). The van der Waals surface area contributed by atoms with E-state index >= 15 is 0 Å². The van der Waals surface area contributed by atoms with Crippen LogP contribution in [0.15, 0.2) is 12.5 Å². The highest BCUT2D eigenvalue weighted by atomic mass is 32.2. The number of H-pyrrole nitrogens is 1. The average molecular weight is 515 g/mol. The molecule has 5 unspecified atom stereocenters. The molecule has 0 fully saturated rings. The molecule has 0 saturated heterocycles. The molecule has 5 atom stereocenters. The summed E-state index contributed by atoms with van der Waals surface area (Å²) in [5.41, 5.74) is 6.45. The normalized spacial score (nSPS) is 15.2. The number of aromatic amines is 1. The van der Waals surface area contributed by atoms with Crippen molar-refractivity contribution in [2.75, 3.05) is 12.0 Å². The lowest BCUT2D eigenvalue weighted by Gasteiger charge is -2.25. The van der Waals surface area contributed by atoms with Crippen LogP contribution >= 0.6 is 11.8 Å². The number of nitrogens with one attached hydrogen (secondary N) is 4. The summed E-state index contributed by atoms with van der Waals surface area (Å²) >= 11 is 1.46. The molecule has 1 aromatic rings. The van der Waals surface area contributed by atoms with Crippen LogP contribution < -0.4 is 21.7 Å². The summed E-state index contributed by atoms with van der Waals surface area (Å²) in [6.07, 6.45) is 4.65. The van der Waals surface area contributed by atoms with Gasteiger partial charge in [-0.05, 0) is 24.3 Å². The Morgan fingerprint density at radius 2 is 1.66 bits per heavy atom. The fraction of sp³-hybridized carbons (Fsp3) is 0.619. The zero-order valence-electron chi connectivity index (χ0n) is 19.9. The number of carbonyl (C=O) groups is 5. The Balaban J connectivity index is 3.06. The first-order valence-corrected chi connectivity index (χ1v) is 12.5. The van der Waals surface area contributed by atoms with Crippen LogP contribution in [0, 0.1) is 5.92 Å². The number of carboxylic acid groups (broad SMARTS) is 2. The van der Waals surface area contributed by atoms with Gasteiger partial charge >= 0.3 is 11.9 Å². The van der Waals surface area contributed by atoms with E-state index in [4.69, 9.17) is 10.8 Å². The smallest absolute Gasteiger partial charge is 0.326 e. The molecule has 0 saturated carbocycles. The lowest BCUT2D eigenvalue weighted by molar-refractivity contribution is -0.147. The van der Waals surface area contributed by atoms with Crippen molar-refractivity contribution >= 4 is 41.4 Å². The molecule has 35 heavy (non-hydrogen) atoms. The van der Waals surface area contributed by atoms with Gasteiger partial charge < -0.3 is 36.9 Å². The van der Waals surface area contributed by atoms with E-state index in [-0.39, 0.29) is 18.8 Å². The first-order chi connectivity index (χ1) is 16.5. The Morgan fingerprint density at radius 3 is 2.17 bits per heavy atom. The van der Waals surface area contributed by atoms with Crippen molar-refractivity contribution in [1.82, 2.24) is 25.9 Å². The number of aromatic nitrogens is 2. The van der Waals surface area contributed by atoms with Gasteiger partial charge in [-0.25, -0.2) is 9.78 Å². The summed E-state index contributed by atoms with van der Waals surface area (Å²) in [5.74, 6) is -4.57. The summed E-state index contributed by atoms with van der Waals surface area (Å²) < 4.78 is 0. The van der Waals surface area contributed by atoms with E-state index in [0.717, 1.165) is 0 Å². The highest BCUT2D eigenvalue weighted by Gasteiger charge is 2.32. The summed E-state index contributed by atoms with van der Waals surface area (Å²) in [4.78, 5) is 67.5. The van der Waals surface area contributed by atoms with Gasteiger partial charge in [-0.1, -0.05) is 20.3 Å². The molecule has 0 radical (unpaired) electrons. The second-order valence-electron chi connectivity index (χ2n) is 8.09. The van der Waals surface area contributed by atoms with Gasteiger partial charge in [0.1, 0.15) is 18.1 Å². The maximum atomic E-state index is 13.1. The molecule has 14 heteroatoms. The second kappa shape index (κ2) is 15.0. The highest BCUT2D eigenvalue weighted by molar-refractivity contribution is 7.98. The maximum Gasteiger partial charge on any atom is 0.326 e. The number of hydrogen-bond donors (Lipinski definition) is 7. The fourth-order valence-electron chi connectivity index (χ4n) is 3.03. The molecular formula is C21H34N6O7S. The minimum absolute atomic E-state index is 0.0768. The number of nitrogens with two attached hydrogens (primary N) is 1. The summed E-state index contributed by atoms with van der Waals surface area (Å²) in [6.45, 7) is 3.71. The van der Waals surface area contributed by atoms with E-state index < -0.39 is 60.2 Å². The van der Waals surface area contributed by atoms with Crippen LogP contribution in [-0.2, 0) is 30.4 Å². The standard InChI is InChI=1S/C21H34N6O7S/c1-4-11(2)17(22)20(32)25-13(5-6-35-3)18(30)26-14(7-12-9-23-10-24-12)19(31)27-15(21(33)34)8-16(28)29/h9-11,13-15,17H,4-8,22H2,1-3H3,(H,23,24)(H,25,32)(H,26,30)(H,27,31)(H,28,29)(H,33,34). The molecule has 8 N–H and O–H groups in total. The summed E-state index contributed by atoms with van der Waals surface area (Å²) in [5, 5.41) is 25.5. The molecule has 3 amide bonds. The van der Waals surface area contributed by atoms with E-state index in [1.165, 1.54) is 24.3 Å². The van der Waals surface area contributed by atoms with Gasteiger partial charge in [0.05, 0.1) is 18.8 Å². The topological polar surface area (TPSA) is 217 Å². The summed E-state index contributed by atoms with van der Waals surface area (Å²) in [6, 6.07) is -4.77. The van der Waals surface area contributed by atoms with Crippen LogP contribution in [0.1, 0.15) is 38.8 Å². The van der Waals surface area contributed by atoms with Crippen LogP contribution in [0.3, 0.4) is 0 Å². The van der Waals surface area contributed by atoms with E-state index in [2.05, 4.69) is 25.9 Å². The third-order valence-corrected chi connectivity index (χ3v) is 6.05. The number of imidazole rings is 1. The average Bonchev–Trinajstić information content (AvgIpc) is 3.32. The second-order valence-corrected chi connectivity index (χ2v) is 9.08. The third kappa shape index (κ3) is 10.3. The molecule has 0 aliphatic carbocycles. The number of amides is 3. The van der Waals surface area contributed by atoms with Crippen LogP contribution in [0.25, 0.3) is 0 Å². The van der Waals surface area contributed by atoms with Crippen molar-refractivity contribution in [2.45, 2.75) is 63.7 Å². The maximum absolute atomic E-state index is 13.1. The molecule has 1 heterocycles. The number of nitrogens with zero attached hydrogens (tertiary/aromatic N) is 1. The molecule has 0 aliphatic rings. The van der Waals surface area contributed by atoms with Gasteiger partial charge in [0.2, 0.25) is 17.7 Å². The zero-order chi connectivity index (χ0) is 26.5. The predicted octanol–water partition coefficient (Wildman–Crippen LogP) is -0.908. The van der Waals surface area contributed by atoms with Gasteiger partial charge in [-0.3, -0.25) is 19.2 Å². The molecule has 1 aromatic heterocycles. The Bertz CT molecular complexity index is 866. The molecule has 196 valence electrons. The van der Waals surface area contributed by atoms with E-state index in [9.17, 15) is 29.1 Å². The Morgan fingerprint density at radius 1 is 1.06 bits per heavy atom. The van der Waals surface area contributed by atoms with Crippen molar-refractivity contribution in [3.05, 3.63) is 18.2 Å². The molecular weight excluding hydrogens is 480 g/mol. The Hall–Kier alpha value is -3.13. The zero-order valence-corrected chi connectivity index (χ0v) is 20.8. The van der Waals surface area contributed by atoms with Crippen molar-refractivity contribution in [3.8, 4) is 0 Å². The highest BCUT2D eigenvalue weighted by Crippen LogP contribution is 2.08. The van der Waals surface area contributed by atoms with E-state index in [1.54, 1.807) is 0 Å². The van der Waals surface area contributed by atoms with Gasteiger partial charge in [-0.15, -0.1) is 0 Å². The van der Waals surface area contributed by atoms with Gasteiger partial charge in [0.25, 0.3) is 0 Å². The molecule has 13 nitrogen and oxygen atoms in total. The fourth-order valence-corrected chi connectivity index (χ4v) is 3.50. The van der Waals surface area contributed by atoms with Crippen LogP contribution in [0.4, 0.5) is 0 Å². The Kier molecular flexibility index (Phi) is 12.8. The largest absolute Gasteiger partial charge is 0.481 e. The lowest BCUT2D eigenvalue weighted by Crippen LogP contribution is -2.58. The molecule has 0 spiro atoms. The summed E-state index contributed by atoms with van der Waals surface area (Å²) in [7, 11) is 0. The van der Waals surface area contributed by atoms with Crippen LogP contribution in [-0.4, -0.2) is 86.0 Å². The monoisotopic (exact) mass is 514 g/mol. The van der Waals surface area contributed by atoms with Gasteiger partial charge in [0, 0.05) is 18.3 Å². The number of aliphatic carboxylic acids is 2. The molecule has 0 aromatic carbocycles. The van der Waals surface area contributed by atoms with E-state index in [0.29, 0.717) is 17.9 Å². The van der Waals surface area contributed by atoms with Crippen molar-refractivity contribution < 1.29 is 34.2 Å². The first-order valence-electron chi connectivity index (χ1n) is 11.1. The molecule has 0 aliphatic heterocycles. The minimum atomic E-state index is -1.69. The van der Waals surface area contributed by atoms with E-state index in [1.807, 2.05) is 20.1 Å². The van der Waals surface area contributed by atoms with Crippen LogP contribution in [0.5, 0.6) is 0 Å². The van der Waals surface area contributed by atoms with Gasteiger partial charge in [0.15, 0.2) is 0 Å². The van der Waals surface area contributed by atoms with Crippen LogP contribution in [0.2, 0.25) is 0 Å². The number of carboxylic acids is 2. The number of carbonyl (C=O) groups excluding carboxylic acids is 3. The van der Waals surface area contributed by atoms with Crippen molar-refractivity contribution in [3.63, 3.8) is 0 Å². The minimum Gasteiger partial charge on any atom is -0.481 e. The van der Waals surface area contributed by atoms with Gasteiger partial charge in [-0.2, -0.15) is 11.8 Å². The first kappa shape index (κ1) is 29.9. The number of thioether (sulfide) groups is 1. The third-order valence-electron chi connectivity index (χ3n) is 5.41. The SMILES string of the molecule is CCC(C)C(N)C(=O)NC(CCSC)C(=O)NC(Cc1cnc[nH]1)C(=O)NC(CC(=O)O)C(=O)O. The molecule has 0 bridgehead atoms. The number of hydrogen-bond acceptors (Lipinski definition) is 8. The Labute approximate surface area is 207 Å². The lowest BCUT2D eigenvalue weighted by atomic mass is 9.99. The van der Waals surface area contributed by atoms with Crippen molar-refractivity contribution in [2.24, 2.45) is 11.7 Å². The quantitative estimate of drug-likeness (QED) is 0.144. The predicted molar refractivity (Wildman–Crippen MR) is 128 cm³/mol. The van der Waals surface area contributed by atoms with Crippen molar-refractivity contribution in [1.29, 1.82) is 0 Å². The number of rotatable bonds is 16.